The molecule has 0 unspecified atom stereocenters. The number of nitrogens with zero attached hydrogens (tertiary/aromatic N) is 3. The van der Waals surface area contributed by atoms with Crippen molar-refractivity contribution in [2.75, 3.05) is 18.4 Å². The Hall–Kier alpha value is -3.76. The van der Waals surface area contributed by atoms with Crippen molar-refractivity contribution in [3.63, 3.8) is 0 Å². The first-order valence-electron chi connectivity index (χ1n) is 12.4. The van der Waals surface area contributed by atoms with Gasteiger partial charge in [-0.1, -0.05) is 24.6 Å². The molecule has 0 saturated heterocycles. The minimum Gasteiger partial charge on any atom is -0.368 e. The molecule has 3 aromatic rings. The molecule has 9 nitrogen and oxygen atoms in total. The summed E-state index contributed by atoms with van der Waals surface area (Å²) in [4.78, 5) is 31.3. The number of hydrogen-bond acceptors (Lipinski definition) is 6. The van der Waals surface area contributed by atoms with Crippen molar-refractivity contribution >= 4 is 23.3 Å². The number of anilines is 2. The highest BCUT2D eigenvalue weighted by molar-refractivity contribution is 5.86. The van der Waals surface area contributed by atoms with Gasteiger partial charge in [-0.25, -0.2) is 9.37 Å². The Balaban J connectivity index is 1.57. The lowest BCUT2D eigenvalue weighted by Gasteiger charge is -2.33. The van der Waals surface area contributed by atoms with Crippen molar-refractivity contribution in [1.82, 2.24) is 19.8 Å². The lowest BCUT2D eigenvalue weighted by atomic mass is 10.1. The average molecular weight is 509 g/mol. The van der Waals surface area contributed by atoms with E-state index in [4.69, 9.17) is 10.7 Å². The average Bonchev–Trinajstić information content (AvgIpc) is 3.25. The molecule has 4 rings (SSSR count). The van der Waals surface area contributed by atoms with Gasteiger partial charge in [-0.3, -0.25) is 15.3 Å². The van der Waals surface area contributed by atoms with Crippen molar-refractivity contribution in [2.24, 2.45) is 5.73 Å². The van der Waals surface area contributed by atoms with E-state index in [0.717, 1.165) is 29.1 Å². The number of imidazole rings is 1. The first kappa shape index (κ1) is 26.3. The quantitative estimate of drug-likeness (QED) is 0.329. The van der Waals surface area contributed by atoms with Gasteiger partial charge in [-0.15, -0.1) is 0 Å². The van der Waals surface area contributed by atoms with Gasteiger partial charge in [0.25, 0.3) is 5.91 Å². The minimum atomic E-state index is -2.17. The number of amides is 2. The van der Waals surface area contributed by atoms with Crippen LogP contribution in [0.4, 0.5) is 15.9 Å². The molecule has 0 radical (unpaired) electrons. The van der Waals surface area contributed by atoms with Crippen LogP contribution in [0.3, 0.4) is 0 Å². The number of rotatable bonds is 9. The molecule has 1 aromatic heterocycles. The van der Waals surface area contributed by atoms with Gasteiger partial charge < -0.3 is 25.2 Å². The van der Waals surface area contributed by atoms with Gasteiger partial charge in [0.2, 0.25) is 5.91 Å². The van der Waals surface area contributed by atoms with Crippen LogP contribution in [-0.2, 0) is 22.7 Å². The Bertz CT molecular complexity index is 1250. The molecule has 0 fully saturated rings. The summed E-state index contributed by atoms with van der Waals surface area (Å²) >= 11 is 0. The van der Waals surface area contributed by atoms with E-state index in [0.29, 0.717) is 31.2 Å². The molecule has 0 aliphatic carbocycles. The molecule has 196 valence electrons. The maximum absolute atomic E-state index is 13.6. The third kappa shape index (κ3) is 6.15. The number of nitrogens with one attached hydrogen (secondary N) is 2. The van der Waals surface area contributed by atoms with Crippen LogP contribution < -0.4 is 16.4 Å². The van der Waals surface area contributed by atoms with Gasteiger partial charge in [0, 0.05) is 43.7 Å². The van der Waals surface area contributed by atoms with Crippen LogP contribution in [0.25, 0.3) is 11.3 Å². The van der Waals surface area contributed by atoms with Gasteiger partial charge in [0.1, 0.15) is 23.2 Å². The van der Waals surface area contributed by atoms with Crippen LogP contribution in [0.15, 0.2) is 48.5 Å². The van der Waals surface area contributed by atoms with Crippen LogP contribution in [0, 0.1) is 12.7 Å². The van der Waals surface area contributed by atoms with Gasteiger partial charge in [-0.2, -0.15) is 0 Å². The van der Waals surface area contributed by atoms with Crippen molar-refractivity contribution in [1.29, 1.82) is 0 Å². The molecule has 0 saturated carbocycles. The number of aryl methyl sites for hydroxylation is 1. The number of carbonyl (C=O) groups excluding carboxylic acids is 2. The van der Waals surface area contributed by atoms with E-state index in [1.165, 1.54) is 17.0 Å². The number of halogens is 1. The monoisotopic (exact) mass is 508 g/mol. The highest BCUT2D eigenvalue weighted by atomic mass is 19.1. The fraction of sp³-hybridized carbons (Fsp3) is 0.370. The molecule has 37 heavy (non-hydrogen) atoms. The molecule has 5 N–H and O–H groups in total. The van der Waals surface area contributed by atoms with Crippen LogP contribution in [0.1, 0.15) is 37.6 Å². The third-order valence-corrected chi connectivity index (χ3v) is 6.37. The standard InChI is InChI=1S/C27H33FN6O3/c1-3-14-30-23(35)12-13-27(29,37)26(36)33-15-16-34-22(17-33)32-24(19-6-8-20(28)9-7-19)25(34)31-21-10-4-18(2)5-11-21/h4-11,31,37H,3,12-17,29H2,1-2H3,(H,30,35)/t27-/m0/s1. The summed E-state index contributed by atoms with van der Waals surface area (Å²) in [5.74, 6) is 0.0752. The molecule has 1 aliphatic heterocycles. The van der Waals surface area contributed by atoms with Crippen molar-refractivity contribution < 1.29 is 19.1 Å². The van der Waals surface area contributed by atoms with Gasteiger partial charge in [-0.05, 0) is 49.7 Å². The summed E-state index contributed by atoms with van der Waals surface area (Å²) < 4.78 is 15.6. The highest BCUT2D eigenvalue weighted by Gasteiger charge is 2.38. The smallest absolute Gasteiger partial charge is 0.270 e. The number of fused-ring (bicyclic) bond motifs is 1. The van der Waals surface area contributed by atoms with E-state index >= 15 is 0 Å². The Morgan fingerprint density at radius 2 is 1.84 bits per heavy atom. The Morgan fingerprint density at radius 1 is 1.14 bits per heavy atom. The van der Waals surface area contributed by atoms with E-state index in [9.17, 15) is 19.1 Å². The van der Waals surface area contributed by atoms with Crippen LogP contribution >= 0.6 is 0 Å². The highest BCUT2D eigenvalue weighted by Crippen LogP contribution is 2.33. The molecule has 1 atom stereocenters. The summed E-state index contributed by atoms with van der Waals surface area (Å²) in [6.07, 6.45) is 0.548. The molecule has 0 spiro atoms. The Kier molecular flexibility index (Phi) is 7.89. The van der Waals surface area contributed by atoms with Gasteiger partial charge >= 0.3 is 0 Å². The van der Waals surface area contributed by atoms with E-state index in [1.807, 2.05) is 42.7 Å². The maximum Gasteiger partial charge on any atom is 0.270 e. The van der Waals surface area contributed by atoms with Crippen LogP contribution in [0.5, 0.6) is 0 Å². The van der Waals surface area contributed by atoms with Crippen molar-refractivity contribution in [2.45, 2.75) is 51.9 Å². The zero-order valence-corrected chi connectivity index (χ0v) is 21.1. The second-order valence-electron chi connectivity index (χ2n) is 9.38. The number of aliphatic hydroxyl groups is 1. The first-order valence-corrected chi connectivity index (χ1v) is 12.4. The van der Waals surface area contributed by atoms with E-state index in [1.54, 1.807) is 12.1 Å². The summed E-state index contributed by atoms with van der Waals surface area (Å²) in [7, 11) is 0. The zero-order chi connectivity index (χ0) is 26.6. The van der Waals surface area contributed by atoms with Crippen molar-refractivity contribution in [3.8, 4) is 11.3 Å². The summed E-state index contributed by atoms with van der Waals surface area (Å²) in [5, 5.41) is 16.8. The largest absolute Gasteiger partial charge is 0.368 e. The normalized spacial score (nSPS) is 14.6. The predicted molar refractivity (Wildman–Crippen MR) is 139 cm³/mol. The lowest BCUT2D eigenvalue weighted by molar-refractivity contribution is -0.153. The second-order valence-corrected chi connectivity index (χ2v) is 9.38. The molecular formula is C27H33FN6O3. The number of carbonyl (C=O) groups is 2. The topological polar surface area (TPSA) is 126 Å². The fourth-order valence-corrected chi connectivity index (χ4v) is 4.25. The summed E-state index contributed by atoms with van der Waals surface area (Å²) in [6, 6.07) is 14.0. The zero-order valence-electron chi connectivity index (χ0n) is 21.1. The number of benzene rings is 2. The fourth-order valence-electron chi connectivity index (χ4n) is 4.25. The lowest BCUT2D eigenvalue weighted by Crippen LogP contribution is -2.57. The molecule has 0 bridgehead atoms. The number of hydrogen-bond donors (Lipinski definition) is 4. The maximum atomic E-state index is 13.6. The molecule has 10 heteroatoms. The minimum absolute atomic E-state index is 0.0550. The second kappa shape index (κ2) is 11.1. The summed E-state index contributed by atoms with van der Waals surface area (Å²) in [5.41, 5.74) is 7.14. The molecule has 1 aliphatic rings. The predicted octanol–water partition coefficient (Wildman–Crippen LogP) is 3.04. The van der Waals surface area contributed by atoms with E-state index in [2.05, 4.69) is 10.6 Å². The molecule has 2 heterocycles. The molecule has 2 aromatic carbocycles. The Labute approximate surface area is 215 Å². The van der Waals surface area contributed by atoms with Crippen LogP contribution in [-0.4, -0.2) is 50.2 Å². The Morgan fingerprint density at radius 3 is 2.51 bits per heavy atom. The number of nitrogens with two attached hydrogens (primary N) is 1. The van der Waals surface area contributed by atoms with E-state index in [-0.39, 0.29) is 31.1 Å². The SMILES string of the molecule is CCCNC(=O)CC[C@](N)(O)C(=O)N1CCn2c(nc(-c3ccc(F)cc3)c2Nc2ccc(C)cc2)C1. The molecule has 2 amide bonds. The van der Waals surface area contributed by atoms with Gasteiger partial charge in [0.05, 0.1) is 6.54 Å². The first-order chi connectivity index (χ1) is 17.7. The van der Waals surface area contributed by atoms with E-state index < -0.39 is 11.6 Å². The van der Waals surface area contributed by atoms with Crippen LogP contribution in [0.2, 0.25) is 0 Å². The summed E-state index contributed by atoms with van der Waals surface area (Å²) in [6.45, 7) is 5.32. The number of aromatic nitrogens is 2. The molecular weight excluding hydrogens is 475 g/mol. The van der Waals surface area contributed by atoms with Gasteiger partial charge in [0.15, 0.2) is 5.72 Å². The van der Waals surface area contributed by atoms with Crippen molar-refractivity contribution in [3.05, 3.63) is 65.7 Å². The third-order valence-electron chi connectivity index (χ3n) is 6.37.